The summed E-state index contributed by atoms with van der Waals surface area (Å²) in [5, 5.41) is 15.3. The largest absolute Gasteiger partial charge is 0.497 e. The number of amides is 1. The Balaban J connectivity index is 0.00000300. The predicted molar refractivity (Wildman–Crippen MR) is 111 cm³/mol. The van der Waals surface area contributed by atoms with Crippen molar-refractivity contribution in [1.82, 2.24) is 30.4 Å². The van der Waals surface area contributed by atoms with Gasteiger partial charge in [-0.3, -0.25) is 4.79 Å². The van der Waals surface area contributed by atoms with Crippen molar-refractivity contribution in [1.29, 1.82) is 0 Å². The molecule has 0 spiro atoms. The van der Waals surface area contributed by atoms with Gasteiger partial charge in [0.15, 0.2) is 5.82 Å². The van der Waals surface area contributed by atoms with E-state index in [4.69, 9.17) is 9.47 Å². The second-order valence-electron chi connectivity index (χ2n) is 7.06. The Labute approximate surface area is 177 Å². The fourth-order valence-electron chi connectivity index (χ4n) is 3.41. The van der Waals surface area contributed by atoms with Crippen LogP contribution < -0.4 is 14.8 Å². The molecule has 160 valence electrons. The molecule has 0 bridgehead atoms. The van der Waals surface area contributed by atoms with Gasteiger partial charge in [0.2, 0.25) is 5.91 Å². The van der Waals surface area contributed by atoms with Crippen molar-refractivity contribution in [3.05, 3.63) is 24.0 Å². The number of halogens is 1. The Hall–Kier alpha value is -2.39. The number of carbonyl (C=O) groups is 1. The smallest absolute Gasteiger partial charge is 0.222 e. The first-order chi connectivity index (χ1) is 13.6. The molecule has 1 N–H and O–H groups in total. The fraction of sp³-hybridized carbons (Fsp3) is 0.579. The molecule has 0 radical (unpaired) electrons. The highest BCUT2D eigenvalue weighted by Crippen LogP contribution is 2.25. The fourth-order valence-corrected chi connectivity index (χ4v) is 3.41. The van der Waals surface area contributed by atoms with Crippen LogP contribution in [0.5, 0.6) is 11.5 Å². The lowest BCUT2D eigenvalue weighted by Gasteiger charge is -2.23. The summed E-state index contributed by atoms with van der Waals surface area (Å²) in [6.07, 6.45) is 3.78. The number of piperidine rings is 1. The molecule has 1 aromatic heterocycles. The molecule has 1 aliphatic rings. The highest BCUT2D eigenvalue weighted by molar-refractivity contribution is 5.85. The molecule has 1 fully saturated rings. The first-order valence-corrected chi connectivity index (χ1v) is 9.56. The van der Waals surface area contributed by atoms with Crippen LogP contribution in [-0.2, 0) is 11.3 Å². The molecular weight excluding hydrogens is 396 g/mol. The highest BCUT2D eigenvalue weighted by Gasteiger charge is 2.19. The summed E-state index contributed by atoms with van der Waals surface area (Å²) >= 11 is 0. The van der Waals surface area contributed by atoms with E-state index in [0.717, 1.165) is 32.4 Å². The summed E-state index contributed by atoms with van der Waals surface area (Å²) < 4.78 is 12.2. The predicted octanol–water partition coefficient (Wildman–Crippen LogP) is 1.84. The molecular formula is C19H29ClN6O3. The number of hydrogen-bond acceptors (Lipinski definition) is 7. The van der Waals surface area contributed by atoms with Gasteiger partial charge >= 0.3 is 0 Å². The van der Waals surface area contributed by atoms with E-state index in [2.05, 4.69) is 20.8 Å². The molecule has 0 aliphatic carbocycles. The van der Waals surface area contributed by atoms with Crippen LogP contribution >= 0.6 is 12.4 Å². The van der Waals surface area contributed by atoms with Crippen LogP contribution in [0.4, 0.5) is 0 Å². The Kier molecular flexibility index (Phi) is 8.66. The third kappa shape index (κ3) is 6.04. The molecule has 2 aromatic rings. The normalized spacial score (nSPS) is 14.2. The Bertz CT molecular complexity index is 772. The molecule has 10 heteroatoms. The van der Waals surface area contributed by atoms with Gasteiger partial charge < -0.3 is 19.7 Å². The van der Waals surface area contributed by atoms with Crippen LogP contribution in [-0.4, -0.2) is 65.4 Å². The number of rotatable bonds is 8. The maximum atomic E-state index is 12.6. The molecule has 1 amide bonds. The number of hydrogen-bond donors (Lipinski definition) is 1. The molecule has 1 aliphatic heterocycles. The third-order valence-corrected chi connectivity index (χ3v) is 5.14. The van der Waals surface area contributed by atoms with E-state index in [1.165, 1.54) is 0 Å². The minimum Gasteiger partial charge on any atom is -0.497 e. The van der Waals surface area contributed by atoms with Crippen molar-refractivity contribution in [2.24, 2.45) is 5.92 Å². The van der Waals surface area contributed by atoms with E-state index in [9.17, 15) is 4.79 Å². The number of benzene rings is 1. The SMILES string of the molecule is COc1cc(OC)cc(-n2nnnc2CN(C)C(=O)CCC2CCNCC2)c1.Cl. The maximum Gasteiger partial charge on any atom is 0.222 e. The van der Waals surface area contributed by atoms with Gasteiger partial charge in [0, 0.05) is 31.7 Å². The van der Waals surface area contributed by atoms with Gasteiger partial charge in [0.05, 0.1) is 26.5 Å². The number of tetrazole rings is 1. The Morgan fingerprint density at radius 1 is 1.21 bits per heavy atom. The molecule has 0 atom stereocenters. The zero-order valence-electron chi connectivity index (χ0n) is 17.1. The summed E-state index contributed by atoms with van der Waals surface area (Å²) in [7, 11) is 4.97. The maximum absolute atomic E-state index is 12.6. The van der Waals surface area contributed by atoms with Crippen molar-refractivity contribution in [2.45, 2.75) is 32.2 Å². The molecule has 29 heavy (non-hydrogen) atoms. The molecule has 1 saturated heterocycles. The minimum absolute atomic E-state index is 0. The van der Waals surface area contributed by atoms with Gasteiger partial charge in [-0.05, 0) is 48.7 Å². The van der Waals surface area contributed by atoms with Gasteiger partial charge in [-0.25, -0.2) is 0 Å². The number of methoxy groups -OCH3 is 2. The van der Waals surface area contributed by atoms with Crippen molar-refractivity contribution in [2.75, 3.05) is 34.4 Å². The minimum atomic E-state index is 0. The first kappa shape index (κ1) is 22.9. The average molecular weight is 425 g/mol. The van der Waals surface area contributed by atoms with E-state index >= 15 is 0 Å². The summed E-state index contributed by atoms with van der Waals surface area (Å²) in [4.78, 5) is 14.2. The van der Waals surface area contributed by atoms with E-state index in [1.807, 2.05) is 12.1 Å². The summed E-state index contributed by atoms with van der Waals surface area (Å²) in [5.41, 5.74) is 0.715. The topological polar surface area (TPSA) is 94.4 Å². The first-order valence-electron chi connectivity index (χ1n) is 9.56. The lowest BCUT2D eigenvalue weighted by Crippen LogP contribution is -2.30. The Morgan fingerprint density at radius 2 is 1.86 bits per heavy atom. The molecule has 3 rings (SSSR count). The number of ether oxygens (including phenoxy) is 2. The third-order valence-electron chi connectivity index (χ3n) is 5.14. The Morgan fingerprint density at radius 3 is 2.48 bits per heavy atom. The highest BCUT2D eigenvalue weighted by atomic mass is 35.5. The zero-order valence-corrected chi connectivity index (χ0v) is 17.9. The second-order valence-corrected chi connectivity index (χ2v) is 7.06. The molecule has 9 nitrogen and oxygen atoms in total. The molecule has 0 saturated carbocycles. The van der Waals surface area contributed by atoms with Crippen LogP contribution in [0.2, 0.25) is 0 Å². The van der Waals surface area contributed by atoms with Gasteiger partial charge in [0.25, 0.3) is 0 Å². The van der Waals surface area contributed by atoms with Crippen LogP contribution in [0.3, 0.4) is 0 Å². The summed E-state index contributed by atoms with van der Waals surface area (Å²) in [6, 6.07) is 5.42. The molecule has 1 aromatic carbocycles. The number of carbonyl (C=O) groups excluding carboxylic acids is 1. The standard InChI is InChI=1S/C19H28N6O3.ClH/c1-24(19(26)5-4-14-6-8-20-9-7-14)13-18-21-22-23-25(18)15-10-16(27-2)12-17(11-15)28-3;/h10-12,14,20H,4-9,13H2,1-3H3;1H. The molecule has 0 unspecified atom stereocenters. The molecule has 2 heterocycles. The van der Waals surface area contributed by atoms with Crippen molar-refractivity contribution >= 4 is 18.3 Å². The van der Waals surface area contributed by atoms with Gasteiger partial charge in [-0.2, -0.15) is 4.68 Å². The van der Waals surface area contributed by atoms with E-state index < -0.39 is 0 Å². The summed E-state index contributed by atoms with van der Waals surface area (Å²) in [5.74, 6) is 2.60. The van der Waals surface area contributed by atoms with Gasteiger partial charge in [0.1, 0.15) is 11.5 Å². The van der Waals surface area contributed by atoms with Crippen molar-refractivity contribution in [3.63, 3.8) is 0 Å². The number of aromatic nitrogens is 4. The van der Waals surface area contributed by atoms with E-state index in [0.29, 0.717) is 41.9 Å². The second kappa shape index (κ2) is 11.0. The van der Waals surface area contributed by atoms with Gasteiger partial charge in [-0.15, -0.1) is 17.5 Å². The van der Waals surface area contributed by atoms with Crippen LogP contribution in [0.25, 0.3) is 5.69 Å². The summed E-state index contributed by atoms with van der Waals surface area (Å²) in [6.45, 7) is 2.43. The lowest BCUT2D eigenvalue weighted by atomic mass is 9.93. The lowest BCUT2D eigenvalue weighted by molar-refractivity contribution is -0.130. The number of nitrogens with zero attached hydrogens (tertiary/aromatic N) is 5. The van der Waals surface area contributed by atoms with Gasteiger partial charge in [-0.1, -0.05) is 0 Å². The van der Waals surface area contributed by atoms with Crippen molar-refractivity contribution in [3.8, 4) is 17.2 Å². The van der Waals surface area contributed by atoms with E-state index in [-0.39, 0.29) is 18.3 Å². The van der Waals surface area contributed by atoms with Crippen LogP contribution in [0.15, 0.2) is 18.2 Å². The monoisotopic (exact) mass is 424 g/mol. The van der Waals surface area contributed by atoms with Crippen LogP contribution in [0, 0.1) is 5.92 Å². The average Bonchev–Trinajstić information content (AvgIpc) is 3.20. The zero-order chi connectivity index (χ0) is 19.9. The van der Waals surface area contributed by atoms with Crippen molar-refractivity contribution < 1.29 is 14.3 Å². The van der Waals surface area contributed by atoms with E-state index in [1.54, 1.807) is 36.9 Å². The quantitative estimate of drug-likeness (QED) is 0.690. The van der Waals surface area contributed by atoms with Crippen LogP contribution in [0.1, 0.15) is 31.5 Å². The number of nitrogens with one attached hydrogen (secondary N) is 1.